The number of carbonyl (C=O) groups excluding carboxylic acids is 3. The molecule has 1 aromatic heterocycles. The van der Waals surface area contributed by atoms with Crippen LogP contribution in [0, 0.1) is 0 Å². The minimum absolute atomic E-state index is 0.0332. The molecule has 1 N–H and O–H groups in total. The minimum atomic E-state index is -0.454. The number of carbonyl (C=O) groups is 3. The van der Waals surface area contributed by atoms with Crippen LogP contribution in [0.4, 0.5) is 4.79 Å². The largest absolute Gasteiger partial charge is 0.489 e. The molecule has 2 aliphatic heterocycles. The molecule has 5 rings (SSSR count). The van der Waals surface area contributed by atoms with Gasteiger partial charge in [-0.3, -0.25) is 19.3 Å². The van der Waals surface area contributed by atoms with Crippen LogP contribution in [-0.2, 0) is 11.4 Å². The third kappa shape index (κ3) is 5.02. The van der Waals surface area contributed by atoms with Gasteiger partial charge in [0.1, 0.15) is 12.4 Å². The van der Waals surface area contributed by atoms with Gasteiger partial charge in [0, 0.05) is 18.7 Å². The first-order chi connectivity index (χ1) is 17.1. The average Bonchev–Trinajstić information content (AvgIpc) is 3.59. The molecule has 9 nitrogen and oxygen atoms in total. The number of para-hydroxylation sites is 1. The Morgan fingerprint density at radius 1 is 1.09 bits per heavy atom. The molecule has 0 spiro atoms. The van der Waals surface area contributed by atoms with Gasteiger partial charge in [0.15, 0.2) is 17.3 Å². The van der Waals surface area contributed by atoms with Crippen LogP contribution < -0.4 is 19.5 Å². The number of fused-ring (bicyclic) bond motifs is 1. The molecule has 1 saturated heterocycles. The number of nitrogens with one attached hydrogen (secondary N) is 1. The number of furan rings is 1. The lowest BCUT2D eigenvalue weighted by Crippen LogP contribution is -2.37. The van der Waals surface area contributed by atoms with Crippen molar-refractivity contribution in [2.24, 2.45) is 0 Å². The zero-order chi connectivity index (χ0) is 24.2. The minimum Gasteiger partial charge on any atom is -0.489 e. The Labute approximate surface area is 204 Å². The maximum absolute atomic E-state index is 12.7. The van der Waals surface area contributed by atoms with Crippen molar-refractivity contribution in [2.75, 3.05) is 19.9 Å². The maximum Gasteiger partial charge on any atom is 0.293 e. The van der Waals surface area contributed by atoms with E-state index >= 15 is 0 Å². The first-order valence-electron chi connectivity index (χ1n) is 10.8. The van der Waals surface area contributed by atoms with Crippen molar-refractivity contribution in [3.8, 4) is 17.2 Å². The fourth-order valence-electron chi connectivity index (χ4n) is 3.53. The molecule has 0 bridgehead atoms. The van der Waals surface area contributed by atoms with Gasteiger partial charge in [-0.1, -0.05) is 24.3 Å². The van der Waals surface area contributed by atoms with Crippen LogP contribution in [0.2, 0.25) is 0 Å². The van der Waals surface area contributed by atoms with Crippen molar-refractivity contribution in [2.45, 2.75) is 6.61 Å². The summed E-state index contributed by atoms with van der Waals surface area (Å²) in [6, 6.07) is 16.2. The van der Waals surface area contributed by atoms with E-state index in [0.717, 1.165) is 22.2 Å². The molecule has 178 valence electrons. The number of imide groups is 1. The average molecular weight is 493 g/mol. The topological polar surface area (TPSA) is 107 Å². The van der Waals surface area contributed by atoms with E-state index in [2.05, 4.69) is 5.32 Å². The summed E-state index contributed by atoms with van der Waals surface area (Å²) < 4.78 is 21.6. The van der Waals surface area contributed by atoms with Crippen LogP contribution >= 0.6 is 11.8 Å². The van der Waals surface area contributed by atoms with Crippen molar-refractivity contribution in [1.82, 2.24) is 10.2 Å². The molecule has 35 heavy (non-hydrogen) atoms. The van der Waals surface area contributed by atoms with E-state index in [1.165, 1.54) is 6.26 Å². The summed E-state index contributed by atoms with van der Waals surface area (Å²) in [4.78, 5) is 39.1. The van der Waals surface area contributed by atoms with Crippen molar-refractivity contribution in [3.63, 3.8) is 0 Å². The number of benzene rings is 2. The highest BCUT2D eigenvalue weighted by atomic mass is 32.2. The van der Waals surface area contributed by atoms with Gasteiger partial charge in [-0.2, -0.15) is 0 Å². The SMILES string of the molecule is O=C(NCCN1C(=O)S/C(=C\c2ccc3c(c2)OCO3)C1=O)c1occc1COc1ccccc1. The van der Waals surface area contributed by atoms with E-state index in [-0.39, 0.29) is 32.2 Å². The Balaban J connectivity index is 1.15. The third-order valence-corrected chi connectivity index (χ3v) is 6.19. The second-order valence-electron chi connectivity index (χ2n) is 7.58. The summed E-state index contributed by atoms with van der Waals surface area (Å²) in [6.45, 7) is 0.427. The van der Waals surface area contributed by atoms with Crippen LogP contribution in [0.1, 0.15) is 21.7 Å². The summed E-state index contributed by atoms with van der Waals surface area (Å²) in [5, 5.41) is 2.29. The Morgan fingerprint density at radius 2 is 1.91 bits per heavy atom. The van der Waals surface area contributed by atoms with E-state index in [0.29, 0.717) is 27.7 Å². The zero-order valence-corrected chi connectivity index (χ0v) is 19.2. The first-order valence-corrected chi connectivity index (χ1v) is 11.6. The van der Waals surface area contributed by atoms with Crippen molar-refractivity contribution in [3.05, 3.63) is 82.7 Å². The van der Waals surface area contributed by atoms with Gasteiger partial charge in [-0.05, 0) is 53.7 Å². The lowest BCUT2D eigenvalue weighted by atomic mass is 10.2. The van der Waals surface area contributed by atoms with E-state index in [1.54, 1.807) is 30.3 Å². The molecule has 3 aromatic rings. The second-order valence-corrected chi connectivity index (χ2v) is 8.57. The van der Waals surface area contributed by atoms with Crippen LogP contribution in [0.5, 0.6) is 17.2 Å². The predicted octanol–water partition coefficient (Wildman–Crippen LogP) is 4.05. The maximum atomic E-state index is 12.7. The molecule has 3 heterocycles. The Hall–Kier alpha value is -4.18. The van der Waals surface area contributed by atoms with E-state index in [4.69, 9.17) is 18.6 Å². The number of ether oxygens (including phenoxy) is 3. The molecule has 0 unspecified atom stereocenters. The predicted molar refractivity (Wildman–Crippen MR) is 127 cm³/mol. The highest BCUT2D eigenvalue weighted by molar-refractivity contribution is 8.18. The first kappa shape index (κ1) is 22.6. The molecular weight excluding hydrogens is 472 g/mol. The number of amides is 3. The second kappa shape index (κ2) is 9.98. The molecule has 2 aromatic carbocycles. The molecule has 10 heteroatoms. The van der Waals surface area contributed by atoms with Crippen LogP contribution in [0.15, 0.2) is 70.2 Å². The van der Waals surface area contributed by atoms with Gasteiger partial charge >= 0.3 is 0 Å². The summed E-state index contributed by atoms with van der Waals surface area (Å²) in [5.41, 5.74) is 1.31. The number of nitrogens with zero attached hydrogens (tertiary/aromatic N) is 1. The Bertz CT molecular complexity index is 1300. The number of thioether (sulfide) groups is 1. The summed E-state index contributed by atoms with van der Waals surface area (Å²) in [6.07, 6.45) is 3.04. The Kier molecular flexibility index (Phi) is 6.44. The van der Waals surface area contributed by atoms with Crippen molar-refractivity contribution >= 4 is 34.9 Å². The van der Waals surface area contributed by atoms with Crippen molar-refractivity contribution < 1.29 is 33.0 Å². The Morgan fingerprint density at radius 3 is 2.77 bits per heavy atom. The number of hydrogen-bond donors (Lipinski definition) is 1. The van der Waals surface area contributed by atoms with E-state index in [9.17, 15) is 14.4 Å². The standard InChI is InChI=1S/C25H20N2O7S/c28-23(22-17(8-11-31-22)14-32-18-4-2-1-3-5-18)26-9-10-27-24(29)21(35-25(27)30)13-16-6-7-19-20(12-16)34-15-33-19/h1-8,11-13H,9-10,14-15H2,(H,26,28)/b21-13-. The van der Waals surface area contributed by atoms with E-state index < -0.39 is 17.1 Å². The summed E-state index contributed by atoms with van der Waals surface area (Å²) in [7, 11) is 0. The molecule has 1 fully saturated rings. The highest BCUT2D eigenvalue weighted by Gasteiger charge is 2.35. The number of rotatable bonds is 8. The van der Waals surface area contributed by atoms with Gasteiger partial charge in [0.2, 0.25) is 6.79 Å². The smallest absolute Gasteiger partial charge is 0.293 e. The van der Waals surface area contributed by atoms with Crippen LogP contribution in [0.25, 0.3) is 6.08 Å². The molecule has 0 radical (unpaired) electrons. The fraction of sp³-hybridized carbons (Fsp3) is 0.160. The number of hydrogen-bond acceptors (Lipinski definition) is 8. The van der Waals surface area contributed by atoms with Gasteiger partial charge in [0.25, 0.3) is 17.1 Å². The normalized spacial score (nSPS) is 15.7. The van der Waals surface area contributed by atoms with E-state index in [1.807, 2.05) is 30.3 Å². The van der Waals surface area contributed by atoms with Crippen LogP contribution in [0.3, 0.4) is 0 Å². The van der Waals surface area contributed by atoms with Crippen molar-refractivity contribution in [1.29, 1.82) is 0 Å². The molecule has 0 saturated carbocycles. The van der Waals surface area contributed by atoms with Gasteiger partial charge < -0.3 is 23.9 Å². The molecular formula is C25H20N2O7S. The monoisotopic (exact) mass is 492 g/mol. The summed E-state index contributed by atoms with van der Waals surface area (Å²) >= 11 is 0.852. The quantitative estimate of drug-likeness (QED) is 0.470. The zero-order valence-electron chi connectivity index (χ0n) is 18.4. The van der Waals surface area contributed by atoms with Gasteiger partial charge in [-0.25, -0.2) is 0 Å². The van der Waals surface area contributed by atoms with Gasteiger partial charge in [0.05, 0.1) is 11.2 Å². The highest BCUT2D eigenvalue weighted by Crippen LogP contribution is 2.36. The van der Waals surface area contributed by atoms with Crippen LogP contribution in [-0.4, -0.2) is 41.8 Å². The van der Waals surface area contributed by atoms with Gasteiger partial charge in [-0.15, -0.1) is 0 Å². The summed E-state index contributed by atoms with van der Waals surface area (Å²) in [5.74, 6) is 1.15. The fourth-order valence-corrected chi connectivity index (χ4v) is 4.40. The molecule has 2 aliphatic rings. The molecule has 3 amide bonds. The molecule has 0 aliphatic carbocycles. The lowest BCUT2D eigenvalue weighted by Gasteiger charge is -2.13. The molecule has 0 atom stereocenters. The lowest BCUT2D eigenvalue weighted by molar-refractivity contribution is -0.122. The third-order valence-electron chi connectivity index (χ3n) is 5.28.